The smallest absolute Gasteiger partial charge is 0.0654 e. The van der Waals surface area contributed by atoms with E-state index in [9.17, 15) is 0 Å². The summed E-state index contributed by atoms with van der Waals surface area (Å²) in [7, 11) is 0. The highest BCUT2D eigenvalue weighted by Crippen LogP contribution is 2.30. The summed E-state index contributed by atoms with van der Waals surface area (Å²) in [6.45, 7) is 11.6. The maximum absolute atomic E-state index is 2.35. The van der Waals surface area contributed by atoms with Gasteiger partial charge >= 0.3 is 0 Å². The van der Waals surface area contributed by atoms with Crippen molar-refractivity contribution in [2.75, 3.05) is 0 Å². The van der Waals surface area contributed by atoms with Crippen LogP contribution in [0, 0.1) is 11.3 Å². The highest BCUT2D eigenvalue weighted by Gasteiger charge is 2.20. The molecule has 0 bridgehead atoms. The van der Waals surface area contributed by atoms with E-state index in [2.05, 4.69) is 34.6 Å². The third kappa shape index (κ3) is 4.36. The molecule has 0 aliphatic rings. The predicted molar refractivity (Wildman–Crippen MR) is 53.5 cm³/mol. The standard InChI is InChI=1S/C9H20.Al.3H/c1-6-7-9(4,5)8(2)3;;;;/h8H,6-7H2,1-5H3;;;;. The first-order valence-corrected chi connectivity index (χ1v) is 4.00. The Hall–Kier alpha value is 0.532. The molecule has 62 valence electrons. The Morgan fingerprint density at radius 1 is 1.20 bits per heavy atom. The molecule has 0 unspecified atom stereocenters. The van der Waals surface area contributed by atoms with Crippen LogP contribution in [0.2, 0.25) is 0 Å². The molecule has 0 aromatic carbocycles. The average Bonchev–Trinajstić information content (AvgIpc) is 1.65. The van der Waals surface area contributed by atoms with Crippen molar-refractivity contribution in [3.8, 4) is 0 Å². The summed E-state index contributed by atoms with van der Waals surface area (Å²) >= 11 is 0. The normalized spacial score (nSPS) is 11.4. The van der Waals surface area contributed by atoms with Crippen LogP contribution in [0.4, 0.5) is 0 Å². The van der Waals surface area contributed by atoms with Crippen LogP contribution in [0.1, 0.15) is 47.5 Å². The molecule has 0 aliphatic carbocycles. The SMILES string of the molecule is CCCC(C)(C)C(C)C.[AlH3]. The minimum atomic E-state index is 0. The molecule has 0 nitrogen and oxygen atoms in total. The predicted octanol–water partition coefficient (Wildman–Crippen LogP) is 2.28. The first kappa shape index (κ1) is 13.1. The molecule has 0 amide bonds. The van der Waals surface area contributed by atoms with Gasteiger partial charge in [0.1, 0.15) is 0 Å². The summed E-state index contributed by atoms with van der Waals surface area (Å²) in [6.07, 6.45) is 2.66. The molecule has 1 heteroatoms. The quantitative estimate of drug-likeness (QED) is 0.553. The molecule has 0 radical (unpaired) electrons. The van der Waals surface area contributed by atoms with Crippen molar-refractivity contribution >= 4 is 17.4 Å². The topological polar surface area (TPSA) is 0 Å². The Balaban J connectivity index is 0. The monoisotopic (exact) mass is 158 g/mol. The van der Waals surface area contributed by atoms with Crippen LogP contribution in [0.5, 0.6) is 0 Å². The fourth-order valence-corrected chi connectivity index (χ4v) is 0.933. The Kier molecular flexibility index (Phi) is 6.86. The van der Waals surface area contributed by atoms with E-state index in [1.54, 1.807) is 0 Å². The van der Waals surface area contributed by atoms with Crippen LogP contribution in [-0.2, 0) is 0 Å². The van der Waals surface area contributed by atoms with E-state index in [0.717, 1.165) is 5.92 Å². The van der Waals surface area contributed by atoms with Gasteiger partial charge in [0.2, 0.25) is 0 Å². The third-order valence-corrected chi connectivity index (χ3v) is 2.46. The van der Waals surface area contributed by atoms with E-state index >= 15 is 0 Å². The molecule has 0 saturated heterocycles. The van der Waals surface area contributed by atoms with Crippen molar-refractivity contribution in [1.82, 2.24) is 0 Å². The molecule has 10 heavy (non-hydrogen) atoms. The second-order valence-electron chi connectivity index (χ2n) is 3.89. The van der Waals surface area contributed by atoms with Gasteiger partial charge in [-0.05, 0) is 17.8 Å². The molecule has 0 aromatic rings. The maximum atomic E-state index is 2.35. The zero-order valence-corrected chi connectivity index (χ0v) is 7.49. The third-order valence-electron chi connectivity index (χ3n) is 2.46. The largest absolute Gasteiger partial charge is 0.187 e. The van der Waals surface area contributed by atoms with Crippen molar-refractivity contribution in [3.63, 3.8) is 0 Å². The van der Waals surface area contributed by atoms with Crippen LogP contribution < -0.4 is 0 Å². The van der Waals surface area contributed by atoms with Crippen LogP contribution in [0.25, 0.3) is 0 Å². The van der Waals surface area contributed by atoms with Gasteiger partial charge < -0.3 is 0 Å². The minimum absolute atomic E-state index is 0. The van der Waals surface area contributed by atoms with Gasteiger partial charge in [-0.3, -0.25) is 0 Å². The van der Waals surface area contributed by atoms with Crippen molar-refractivity contribution in [2.24, 2.45) is 11.3 Å². The molecule has 0 heterocycles. The molecule has 0 N–H and O–H groups in total. The van der Waals surface area contributed by atoms with Gasteiger partial charge in [-0.1, -0.05) is 41.0 Å². The molecule has 0 aromatic heterocycles. The highest BCUT2D eigenvalue weighted by molar-refractivity contribution is 5.75. The van der Waals surface area contributed by atoms with Gasteiger partial charge in [0.05, 0.1) is 0 Å². The van der Waals surface area contributed by atoms with Crippen LogP contribution in [-0.4, -0.2) is 17.4 Å². The van der Waals surface area contributed by atoms with E-state index in [1.807, 2.05) is 0 Å². The number of hydrogen-bond acceptors (Lipinski definition) is 0. The molecule has 0 spiro atoms. The van der Waals surface area contributed by atoms with Gasteiger partial charge in [0.25, 0.3) is 0 Å². The van der Waals surface area contributed by atoms with E-state index in [0.29, 0.717) is 5.41 Å². The first-order chi connectivity index (χ1) is 4.00. The van der Waals surface area contributed by atoms with Gasteiger partial charge in [0, 0.05) is 0 Å². The van der Waals surface area contributed by atoms with E-state index < -0.39 is 0 Å². The lowest BCUT2D eigenvalue weighted by molar-refractivity contribution is 0.227. The van der Waals surface area contributed by atoms with Gasteiger partial charge in [-0.2, -0.15) is 0 Å². The molecule has 0 atom stereocenters. The van der Waals surface area contributed by atoms with E-state index in [4.69, 9.17) is 0 Å². The molecule has 0 rings (SSSR count). The first-order valence-electron chi connectivity index (χ1n) is 4.00. The molecule has 0 fully saturated rings. The molecule has 0 aliphatic heterocycles. The van der Waals surface area contributed by atoms with E-state index in [1.165, 1.54) is 12.8 Å². The van der Waals surface area contributed by atoms with Crippen LogP contribution in [0.15, 0.2) is 0 Å². The second-order valence-corrected chi connectivity index (χ2v) is 3.89. The Bertz CT molecular complexity index is 74.8. The maximum Gasteiger partial charge on any atom is 0.187 e. The summed E-state index contributed by atoms with van der Waals surface area (Å²) in [5.74, 6) is 0.817. The molecular weight excluding hydrogens is 135 g/mol. The fourth-order valence-electron chi connectivity index (χ4n) is 0.933. The Labute approximate surface area is 76.5 Å². The van der Waals surface area contributed by atoms with Crippen LogP contribution >= 0.6 is 0 Å². The summed E-state index contributed by atoms with van der Waals surface area (Å²) in [4.78, 5) is 0. The average molecular weight is 158 g/mol. The second kappa shape index (κ2) is 5.22. The van der Waals surface area contributed by atoms with Gasteiger partial charge in [0.15, 0.2) is 17.4 Å². The summed E-state index contributed by atoms with van der Waals surface area (Å²) in [5.41, 5.74) is 0.550. The van der Waals surface area contributed by atoms with Crippen molar-refractivity contribution < 1.29 is 0 Å². The minimum Gasteiger partial charge on any atom is -0.0654 e. The van der Waals surface area contributed by atoms with Gasteiger partial charge in [-0.25, -0.2) is 0 Å². The lowest BCUT2D eigenvalue weighted by atomic mass is 9.78. The fraction of sp³-hybridized carbons (Fsp3) is 1.00. The molecular formula is C9H23Al. The summed E-state index contributed by atoms with van der Waals surface area (Å²) in [6, 6.07) is 0. The van der Waals surface area contributed by atoms with E-state index in [-0.39, 0.29) is 17.4 Å². The Morgan fingerprint density at radius 3 is 1.70 bits per heavy atom. The number of rotatable bonds is 3. The van der Waals surface area contributed by atoms with Gasteiger partial charge in [-0.15, -0.1) is 0 Å². The lowest BCUT2D eigenvalue weighted by Gasteiger charge is -2.28. The zero-order valence-electron chi connectivity index (χ0n) is 7.49. The van der Waals surface area contributed by atoms with Crippen molar-refractivity contribution in [2.45, 2.75) is 47.5 Å². The van der Waals surface area contributed by atoms with Crippen molar-refractivity contribution in [1.29, 1.82) is 0 Å². The summed E-state index contributed by atoms with van der Waals surface area (Å²) < 4.78 is 0. The highest BCUT2D eigenvalue weighted by atomic mass is 27.0. The molecule has 0 saturated carbocycles. The zero-order chi connectivity index (χ0) is 7.49. The summed E-state index contributed by atoms with van der Waals surface area (Å²) in [5, 5.41) is 0. The number of hydrogen-bond donors (Lipinski definition) is 0. The lowest BCUT2D eigenvalue weighted by Crippen LogP contribution is -2.18. The van der Waals surface area contributed by atoms with Crippen LogP contribution in [0.3, 0.4) is 0 Å². The Morgan fingerprint density at radius 2 is 1.60 bits per heavy atom. The van der Waals surface area contributed by atoms with Crippen molar-refractivity contribution in [3.05, 3.63) is 0 Å².